The zero-order valence-corrected chi connectivity index (χ0v) is 18.7. The Morgan fingerprint density at radius 2 is 1.91 bits per heavy atom. The van der Waals surface area contributed by atoms with Crippen molar-refractivity contribution in [1.82, 2.24) is 0 Å². The predicted molar refractivity (Wildman–Crippen MR) is 118 cm³/mol. The fraction of sp³-hybridized carbons (Fsp3) is 0.560. The van der Waals surface area contributed by atoms with Gasteiger partial charge >= 0.3 is 5.97 Å². The van der Waals surface area contributed by atoms with Crippen LogP contribution in [-0.2, 0) is 9.53 Å². The topological polar surface area (TPSA) is 76.0 Å². The highest BCUT2D eigenvalue weighted by molar-refractivity contribution is 5.69. The molecule has 1 aromatic carbocycles. The zero-order chi connectivity index (χ0) is 23.6. The monoisotopic (exact) mass is 452 g/mol. The van der Waals surface area contributed by atoms with Crippen LogP contribution in [0.4, 0.5) is 8.78 Å². The number of hydrogen-bond donors (Lipinski definition) is 2. The van der Waals surface area contributed by atoms with Gasteiger partial charge in [-0.3, -0.25) is 4.79 Å². The number of aliphatic hydroxyl groups is 2. The van der Waals surface area contributed by atoms with E-state index in [1.54, 1.807) is 44.2 Å². The third-order valence-corrected chi connectivity index (χ3v) is 5.35. The molecule has 7 heteroatoms. The maximum Gasteiger partial charge on any atom is 0.306 e. The molecule has 32 heavy (non-hydrogen) atoms. The van der Waals surface area contributed by atoms with Crippen LogP contribution in [0, 0.1) is 11.8 Å². The minimum atomic E-state index is -3.20. The lowest BCUT2D eigenvalue weighted by molar-refractivity contribution is -0.147. The van der Waals surface area contributed by atoms with E-state index in [-0.39, 0.29) is 24.4 Å². The standard InChI is InChI=1S/C25H34F2O5/c1-18(2)32-24(30)13-9-4-3-8-12-20-21(23(29)16-22(20)28)14-15-25(26,27)17-31-19-10-6-5-7-11-19/h3,5-8,10-11,14-15,18,20-23,28-29H,4,9,12-13,16-17H2,1-2H3/b8-3+,15-14+/t20-,21-,22+,23+/m0/s1. The highest BCUT2D eigenvalue weighted by atomic mass is 19.3. The normalized spacial score (nSPS) is 24.0. The highest BCUT2D eigenvalue weighted by Gasteiger charge is 2.40. The zero-order valence-electron chi connectivity index (χ0n) is 18.7. The maximum absolute atomic E-state index is 14.2. The molecule has 0 spiro atoms. The molecule has 0 unspecified atom stereocenters. The van der Waals surface area contributed by atoms with Gasteiger partial charge in [-0.05, 0) is 57.2 Å². The van der Waals surface area contributed by atoms with Gasteiger partial charge in [-0.1, -0.05) is 36.4 Å². The largest absolute Gasteiger partial charge is 0.487 e. The second kappa shape index (κ2) is 12.7. The lowest BCUT2D eigenvalue weighted by Gasteiger charge is -2.20. The van der Waals surface area contributed by atoms with E-state index in [0.29, 0.717) is 31.4 Å². The summed E-state index contributed by atoms with van der Waals surface area (Å²) in [4.78, 5) is 11.5. The van der Waals surface area contributed by atoms with Crippen LogP contribution in [0.2, 0.25) is 0 Å². The first-order valence-corrected chi connectivity index (χ1v) is 11.1. The summed E-state index contributed by atoms with van der Waals surface area (Å²) in [6, 6.07) is 8.39. The number of allylic oxidation sites excluding steroid dienone is 2. The van der Waals surface area contributed by atoms with Crippen LogP contribution in [0.3, 0.4) is 0 Å². The van der Waals surface area contributed by atoms with Gasteiger partial charge in [0.1, 0.15) is 5.75 Å². The van der Waals surface area contributed by atoms with Crippen LogP contribution in [0.1, 0.15) is 46.0 Å². The second-order valence-corrected chi connectivity index (χ2v) is 8.47. The number of unbranched alkanes of at least 4 members (excludes halogenated alkanes) is 1. The van der Waals surface area contributed by atoms with Crippen LogP contribution in [0.5, 0.6) is 5.75 Å². The van der Waals surface area contributed by atoms with Gasteiger partial charge in [0.05, 0.1) is 18.3 Å². The van der Waals surface area contributed by atoms with Gasteiger partial charge < -0.3 is 19.7 Å². The molecule has 0 aliphatic heterocycles. The summed E-state index contributed by atoms with van der Waals surface area (Å²) in [6.07, 6.45) is 6.33. The number of carbonyl (C=O) groups is 1. The van der Waals surface area contributed by atoms with Crippen LogP contribution in [-0.4, -0.2) is 47.0 Å². The number of esters is 1. The molecule has 1 aromatic rings. The Morgan fingerprint density at radius 3 is 2.59 bits per heavy atom. The van der Waals surface area contributed by atoms with Crippen molar-refractivity contribution in [1.29, 1.82) is 0 Å². The number of halogens is 2. The minimum Gasteiger partial charge on any atom is -0.487 e. The summed E-state index contributed by atoms with van der Waals surface area (Å²) >= 11 is 0. The number of ether oxygens (including phenoxy) is 2. The van der Waals surface area contributed by atoms with E-state index in [2.05, 4.69) is 0 Å². The van der Waals surface area contributed by atoms with Crippen molar-refractivity contribution >= 4 is 5.97 Å². The fourth-order valence-electron chi connectivity index (χ4n) is 3.76. The van der Waals surface area contributed by atoms with Gasteiger partial charge in [0, 0.05) is 18.8 Å². The smallest absolute Gasteiger partial charge is 0.306 e. The van der Waals surface area contributed by atoms with Crippen LogP contribution in [0.15, 0.2) is 54.6 Å². The van der Waals surface area contributed by atoms with Crippen molar-refractivity contribution in [3.8, 4) is 5.75 Å². The van der Waals surface area contributed by atoms with Crippen LogP contribution in [0.25, 0.3) is 0 Å². The molecule has 1 aliphatic rings. The summed E-state index contributed by atoms with van der Waals surface area (Å²) in [6.45, 7) is 2.80. The SMILES string of the molecule is CC(C)OC(=O)CCC/C=C/C[C@H]1[C@H](/C=C/C(F)(F)COc2ccccc2)[C@H](O)C[C@H]1O. The summed E-state index contributed by atoms with van der Waals surface area (Å²) < 4.78 is 38.7. The van der Waals surface area contributed by atoms with E-state index >= 15 is 0 Å². The van der Waals surface area contributed by atoms with Gasteiger partial charge in [-0.25, -0.2) is 0 Å². The first kappa shape index (κ1) is 26.0. The molecular formula is C25H34F2O5. The van der Waals surface area contributed by atoms with Crippen molar-refractivity contribution < 1.29 is 33.3 Å². The van der Waals surface area contributed by atoms with E-state index in [9.17, 15) is 23.8 Å². The number of aliphatic hydroxyl groups excluding tert-OH is 2. The molecule has 0 saturated heterocycles. The molecule has 0 amide bonds. The second-order valence-electron chi connectivity index (χ2n) is 8.47. The van der Waals surface area contributed by atoms with E-state index in [0.717, 1.165) is 6.08 Å². The van der Waals surface area contributed by atoms with E-state index in [1.807, 2.05) is 12.2 Å². The third kappa shape index (κ3) is 9.09. The quantitative estimate of drug-likeness (QED) is 0.274. The number of rotatable bonds is 12. The lowest BCUT2D eigenvalue weighted by Crippen LogP contribution is -2.25. The molecular weight excluding hydrogens is 418 g/mol. The third-order valence-electron chi connectivity index (χ3n) is 5.35. The fourth-order valence-corrected chi connectivity index (χ4v) is 3.76. The highest BCUT2D eigenvalue weighted by Crippen LogP contribution is 2.37. The Kier molecular flexibility index (Phi) is 10.3. The molecule has 0 radical (unpaired) electrons. The minimum absolute atomic E-state index is 0.129. The first-order valence-electron chi connectivity index (χ1n) is 11.1. The maximum atomic E-state index is 14.2. The first-order chi connectivity index (χ1) is 15.2. The van der Waals surface area contributed by atoms with Gasteiger partial charge in [0.2, 0.25) is 0 Å². The molecule has 178 valence electrons. The van der Waals surface area contributed by atoms with Gasteiger partial charge in [0.25, 0.3) is 5.92 Å². The molecule has 4 atom stereocenters. The Labute approximate surface area is 188 Å². The molecule has 2 N–H and O–H groups in total. The van der Waals surface area contributed by atoms with Gasteiger partial charge in [0.15, 0.2) is 6.61 Å². The predicted octanol–water partition coefficient (Wildman–Crippen LogP) is 4.68. The molecule has 0 heterocycles. The van der Waals surface area contributed by atoms with Gasteiger partial charge in [-0.15, -0.1) is 0 Å². The molecule has 5 nitrogen and oxygen atoms in total. The summed E-state index contributed by atoms with van der Waals surface area (Å²) in [5.41, 5.74) is 0. The molecule has 2 rings (SSSR count). The van der Waals surface area contributed by atoms with E-state index in [4.69, 9.17) is 9.47 Å². The Balaban J connectivity index is 1.83. The lowest BCUT2D eigenvalue weighted by atomic mass is 9.89. The number of benzene rings is 1. The molecule has 1 aliphatic carbocycles. The van der Waals surface area contributed by atoms with Crippen molar-refractivity contribution in [2.24, 2.45) is 11.8 Å². The number of para-hydroxylation sites is 1. The summed E-state index contributed by atoms with van der Waals surface area (Å²) in [7, 11) is 0. The van der Waals surface area contributed by atoms with Crippen molar-refractivity contribution in [2.75, 3.05) is 6.61 Å². The van der Waals surface area contributed by atoms with Crippen LogP contribution >= 0.6 is 0 Å². The molecule has 0 bridgehead atoms. The van der Waals surface area contributed by atoms with Gasteiger partial charge in [-0.2, -0.15) is 8.78 Å². The van der Waals surface area contributed by atoms with E-state index < -0.39 is 30.7 Å². The number of carbonyl (C=O) groups excluding carboxylic acids is 1. The summed E-state index contributed by atoms with van der Waals surface area (Å²) in [5.74, 6) is -4.00. The number of alkyl halides is 2. The molecule has 1 saturated carbocycles. The van der Waals surface area contributed by atoms with Crippen molar-refractivity contribution in [3.63, 3.8) is 0 Å². The Morgan fingerprint density at radius 1 is 1.19 bits per heavy atom. The molecule has 1 fully saturated rings. The average molecular weight is 453 g/mol. The Bertz CT molecular complexity index is 748. The van der Waals surface area contributed by atoms with Crippen molar-refractivity contribution in [2.45, 2.75) is 70.2 Å². The number of hydrogen-bond acceptors (Lipinski definition) is 5. The summed E-state index contributed by atoms with van der Waals surface area (Å²) in [5, 5.41) is 20.5. The van der Waals surface area contributed by atoms with Crippen molar-refractivity contribution in [3.05, 3.63) is 54.6 Å². The van der Waals surface area contributed by atoms with E-state index in [1.165, 1.54) is 6.08 Å². The molecule has 0 aromatic heterocycles. The average Bonchev–Trinajstić information content (AvgIpc) is 3.00. The van der Waals surface area contributed by atoms with Crippen LogP contribution < -0.4 is 4.74 Å². The Hall–Kier alpha value is -2.25.